The Morgan fingerprint density at radius 3 is 1.26 bits per heavy atom. The van der Waals surface area contributed by atoms with Gasteiger partial charge in [0.05, 0.1) is 11.4 Å². The molecule has 0 fully saturated rings. The van der Waals surface area contributed by atoms with Crippen molar-refractivity contribution in [3.8, 4) is 22.8 Å². The van der Waals surface area contributed by atoms with Gasteiger partial charge in [0.2, 0.25) is 0 Å². The number of rotatable bonds is 2. The number of fused-ring (bicyclic) bond motifs is 2. The molecule has 0 aliphatic rings. The summed E-state index contributed by atoms with van der Waals surface area (Å²) < 4.78 is 3.21. The molecule has 0 amide bonds. The summed E-state index contributed by atoms with van der Waals surface area (Å²) in [5.74, 6) is 1.36. The highest BCUT2D eigenvalue weighted by atomic mass is 35.5. The smallest absolute Gasteiger partial charge is 0.194 e. The van der Waals surface area contributed by atoms with Crippen molar-refractivity contribution in [1.82, 2.24) is 39.6 Å². The minimum Gasteiger partial charge on any atom is -0.279 e. The fourth-order valence-corrected chi connectivity index (χ4v) is 3.79. The zero-order valence-electron chi connectivity index (χ0n) is 19.1. The molecule has 4 heterocycles. The molecule has 172 valence electrons. The molecule has 0 saturated carbocycles. The van der Waals surface area contributed by atoms with Gasteiger partial charge in [-0.1, -0.05) is 82.9 Å². The predicted octanol–water partition coefficient (Wildman–Crippen LogP) is 5.99. The first-order valence-corrected chi connectivity index (χ1v) is 11.4. The second kappa shape index (κ2) is 8.62. The molecule has 0 spiro atoms. The Bertz CT molecular complexity index is 1480. The standard InChI is InChI=1S/2C12H11ClN4/c2*1-7-3-5-9(6-4-7)11-14-12-10(13)8(2)15-17(12)16-11/h2*3-6,15H,1-2H3. The van der Waals surface area contributed by atoms with Crippen LogP contribution in [0.4, 0.5) is 0 Å². The summed E-state index contributed by atoms with van der Waals surface area (Å²) in [5, 5.41) is 16.0. The van der Waals surface area contributed by atoms with Gasteiger partial charge in [0.25, 0.3) is 0 Å². The molecule has 0 aliphatic carbocycles. The van der Waals surface area contributed by atoms with Gasteiger partial charge in [-0.05, 0) is 27.7 Å². The Hall–Kier alpha value is -3.62. The Balaban J connectivity index is 0.000000142. The summed E-state index contributed by atoms with van der Waals surface area (Å²) in [6.45, 7) is 7.89. The molecule has 0 aliphatic heterocycles. The third kappa shape index (κ3) is 4.06. The Labute approximate surface area is 205 Å². The largest absolute Gasteiger partial charge is 0.279 e. The second-order valence-corrected chi connectivity index (χ2v) is 8.93. The fraction of sp³-hybridized carbons (Fsp3) is 0.167. The summed E-state index contributed by atoms with van der Waals surface area (Å²) in [6, 6.07) is 16.2. The molecular weight excluding hydrogens is 471 g/mol. The topological polar surface area (TPSA) is 92.0 Å². The summed E-state index contributed by atoms with van der Waals surface area (Å²) in [7, 11) is 0. The van der Waals surface area contributed by atoms with E-state index in [4.69, 9.17) is 23.2 Å². The van der Waals surface area contributed by atoms with Crippen LogP contribution in [0.3, 0.4) is 0 Å². The van der Waals surface area contributed by atoms with Crippen LogP contribution in [0.15, 0.2) is 48.5 Å². The van der Waals surface area contributed by atoms with Gasteiger partial charge in [-0.25, -0.2) is 9.97 Å². The van der Waals surface area contributed by atoms with Crippen molar-refractivity contribution < 1.29 is 0 Å². The van der Waals surface area contributed by atoms with E-state index in [-0.39, 0.29) is 0 Å². The van der Waals surface area contributed by atoms with Gasteiger partial charge in [0.1, 0.15) is 10.0 Å². The lowest BCUT2D eigenvalue weighted by molar-refractivity contribution is 0.810. The van der Waals surface area contributed by atoms with Crippen LogP contribution < -0.4 is 0 Å². The third-order valence-electron chi connectivity index (χ3n) is 5.43. The zero-order chi connectivity index (χ0) is 24.0. The monoisotopic (exact) mass is 492 g/mol. The summed E-state index contributed by atoms with van der Waals surface area (Å²) >= 11 is 12.2. The molecule has 34 heavy (non-hydrogen) atoms. The van der Waals surface area contributed by atoms with Crippen LogP contribution in [0.5, 0.6) is 0 Å². The van der Waals surface area contributed by atoms with Gasteiger partial charge in [-0.2, -0.15) is 9.26 Å². The number of aryl methyl sites for hydroxylation is 4. The number of hydrogen-bond donors (Lipinski definition) is 2. The number of benzene rings is 2. The molecule has 0 saturated heterocycles. The average molecular weight is 493 g/mol. The van der Waals surface area contributed by atoms with Crippen LogP contribution in [-0.4, -0.2) is 39.6 Å². The molecule has 0 bridgehead atoms. The van der Waals surface area contributed by atoms with E-state index in [1.54, 1.807) is 9.26 Å². The van der Waals surface area contributed by atoms with E-state index in [1.165, 1.54) is 11.1 Å². The minimum atomic E-state index is 0.621. The van der Waals surface area contributed by atoms with Gasteiger partial charge in [0, 0.05) is 11.1 Å². The Morgan fingerprint density at radius 2 is 0.941 bits per heavy atom. The van der Waals surface area contributed by atoms with E-state index < -0.39 is 0 Å². The summed E-state index contributed by atoms with van der Waals surface area (Å²) in [6.07, 6.45) is 0. The van der Waals surface area contributed by atoms with Crippen molar-refractivity contribution in [2.75, 3.05) is 0 Å². The molecule has 6 aromatic rings. The van der Waals surface area contributed by atoms with E-state index in [0.717, 1.165) is 22.5 Å². The first-order chi connectivity index (χ1) is 16.3. The quantitative estimate of drug-likeness (QED) is 0.310. The molecule has 8 nitrogen and oxygen atoms in total. The van der Waals surface area contributed by atoms with Crippen molar-refractivity contribution in [3.05, 3.63) is 81.1 Å². The van der Waals surface area contributed by atoms with Gasteiger partial charge >= 0.3 is 0 Å². The molecule has 10 heteroatoms. The Kier molecular flexibility index (Phi) is 5.63. The number of aromatic amines is 2. The number of aromatic nitrogens is 8. The normalized spacial score (nSPS) is 11.2. The zero-order valence-corrected chi connectivity index (χ0v) is 20.6. The molecule has 0 unspecified atom stereocenters. The van der Waals surface area contributed by atoms with Gasteiger partial charge in [-0.15, -0.1) is 10.2 Å². The van der Waals surface area contributed by atoms with E-state index in [0.29, 0.717) is 33.0 Å². The lowest BCUT2D eigenvalue weighted by Crippen LogP contribution is -1.88. The minimum absolute atomic E-state index is 0.621. The van der Waals surface area contributed by atoms with Crippen LogP contribution in [-0.2, 0) is 0 Å². The van der Waals surface area contributed by atoms with Crippen molar-refractivity contribution >= 4 is 34.5 Å². The number of hydrogen-bond acceptors (Lipinski definition) is 4. The Morgan fingerprint density at radius 1 is 0.588 bits per heavy atom. The van der Waals surface area contributed by atoms with E-state index in [9.17, 15) is 0 Å². The lowest BCUT2D eigenvalue weighted by Gasteiger charge is -1.95. The van der Waals surface area contributed by atoms with Crippen LogP contribution >= 0.6 is 23.2 Å². The van der Waals surface area contributed by atoms with Gasteiger partial charge < -0.3 is 0 Å². The third-order valence-corrected chi connectivity index (χ3v) is 6.34. The van der Waals surface area contributed by atoms with Gasteiger partial charge in [-0.3, -0.25) is 10.2 Å². The molecule has 6 rings (SSSR count). The van der Waals surface area contributed by atoms with Crippen molar-refractivity contribution in [1.29, 1.82) is 0 Å². The van der Waals surface area contributed by atoms with Crippen LogP contribution in [0.25, 0.3) is 34.1 Å². The van der Waals surface area contributed by atoms with Crippen molar-refractivity contribution in [2.45, 2.75) is 27.7 Å². The molecule has 0 radical (unpaired) electrons. The molecule has 2 N–H and O–H groups in total. The number of H-pyrrole nitrogens is 2. The van der Waals surface area contributed by atoms with Crippen molar-refractivity contribution in [3.63, 3.8) is 0 Å². The van der Waals surface area contributed by atoms with E-state index in [2.05, 4.69) is 44.2 Å². The number of halogens is 2. The van der Waals surface area contributed by atoms with E-state index >= 15 is 0 Å². The summed E-state index contributed by atoms with van der Waals surface area (Å²) in [5.41, 5.74) is 7.48. The second-order valence-electron chi connectivity index (χ2n) is 8.18. The highest BCUT2D eigenvalue weighted by Crippen LogP contribution is 2.24. The lowest BCUT2D eigenvalue weighted by atomic mass is 10.1. The first-order valence-electron chi connectivity index (χ1n) is 10.7. The van der Waals surface area contributed by atoms with Crippen LogP contribution in [0.1, 0.15) is 22.5 Å². The SMILES string of the molecule is Cc1ccc(-c2nc3c(Cl)c(C)[nH]n3n2)cc1.Cc1ccc(-c2nc3c(Cl)c(C)[nH]n3n2)cc1. The van der Waals surface area contributed by atoms with Gasteiger partial charge in [0.15, 0.2) is 22.9 Å². The van der Waals surface area contributed by atoms with E-state index in [1.807, 2.05) is 62.4 Å². The number of nitrogens with zero attached hydrogens (tertiary/aromatic N) is 6. The number of nitrogens with one attached hydrogen (secondary N) is 2. The molecular formula is C24H22Cl2N8. The average Bonchev–Trinajstić information content (AvgIpc) is 3.55. The highest BCUT2D eigenvalue weighted by Gasteiger charge is 2.14. The maximum absolute atomic E-state index is 6.11. The molecule has 0 atom stereocenters. The maximum atomic E-state index is 6.11. The van der Waals surface area contributed by atoms with Crippen molar-refractivity contribution in [2.24, 2.45) is 0 Å². The van der Waals surface area contributed by atoms with Crippen LogP contribution in [0, 0.1) is 27.7 Å². The predicted molar refractivity (Wildman–Crippen MR) is 135 cm³/mol. The molecule has 2 aromatic carbocycles. The van der Waals surface area contributed by atoms with Crippen LogP contribution in [0.2, 0.25) is 10.0 Å². The maximum Gasteiger partial charge on any atom is 0.194 e. The first kappa shape index (κ1) is 22.2. The molecule has 4 aromatic heterocycles. The summed E-state index contributed by atoms with van der Waals surface area (Å²) in [4.78, 5) is 8.84. The highest BCUT2D eigenvalue weighted by molar-refractivity contribution is 6.34. The fourth-order valence-electron chi connectivity index (χ4n) is 3.47.